The van der Waals surface area contributed by atoms with E-state index >= 15 is 0 Å². The van der Waals surface area contributed by atoms with Crippen LogP contribution in [0.2, 0.25) is 0 Å². The Morgan fingerprint density at radius 3 is 2.90 bits per heavy atom. The molecule has 0 spiro atoms. The molecule has 20 heavy (non-hydrogen) atoms. The normalized spacial score (nSPS) is 13.6. The zero-order valence-electron chi connectivity index (χ0n) is 12.5. The summed E-state index contributed by atoms with van der Waals surface area (Å²) >= 11 is 0. The van der Waals surface area contributed by atoms with E-state index < -0.39 is 0 Å². The van der Waals surface area contributed by atoms with Crippen LogP contribution in [0.4, 0.5) is 5.69 Å². The van der Waals surface area contributed by atoms with Crippen LogP contribution in [0.1, 0.15) is 36.6 Å². The second kappa shape index (κ2) is 5.31. The molecule has 3 rings (SSSR count). The fourth-order valence-electron chi connectivity index (χ4n) is 3.07. The van der Waals surface area contributed by atoms with Gasteiger partial charge in [0.1, 0.15) is 5.75 Å². The number of pyridine rings is 1. The molecule has 0 saturated carbocycles. The SMILES string of the molecule is CCCNc1c2c(nc3c(C)cc(OC)cc13)CCC2. The standard InChI is InChI=1S/C17H22N2O/c1-4-8-18-17-13-6-5-7-15(13)19-16-11(2)9-12(20-3)10-14(16)17/h9-10H,4-8H2,1-3H3,(H,18,19). The topological polar surface area (TPSA) is 34.2 Å². The summed E-state index contributed by atoms with van der Waals surface area (Å²) in [5.74, 6) is 0.911. The Morgan fingerprint density at radius 2 is 2.15 bits per heavy atom. The van der Waals surface area contributed by atoms with Gasteiger partial charge in [-0.25, -0.2) is 0 Å². The first-order valence-electron chi connectivity index (χ1n) is 7.48. The molecule has 1 aliphatic carbocycles. The van der Waals surface area contributed by atoms with Gasteiger partial charge in [0.2, 0.25) is 0 Å². The number of hydrogen-bond donors (Lipinski definition) is 1. The van der Waals surface area contributed by atoms with Crippen LogP contribution in [-0.2, 0) is 12.8 Å². The molecule has 1 N–H and O–H groups in total. The van der Waals surface area contributed by atoms with Gasteiger partial charge in [0.25, 0.3) is 0 Å². The summed E-state index contributed by atoms with van der Waals surface area (Å²) in [7, 11) is 1.72. The molecule has 0 atom stereocenters. The maximum atomic E-state index is 5.43. The summed E-state index contributed by atoms with van der Waals surface area (Å²) in [6.45, 7) is 5.31. The highest BCUT2D eigenvalue weighted by Gasteiger charge is 2.20. The molecule has 0 unspecified atom stereocenters. The fourth-order valence-corrected chi connectivity index (χ4v) is 3.07. The lowest BCUT2D eigenvalue weighted by Crippen LogP contribution is -2.06. The van der Waals surface area contributed by atoms with Gasteiger partial charge in [-0.2, -0.15) is 0 Å². The third-order valence-electron chi connectivity index (χ3n) is 4.07. The van der Waals surface area contributed by atoms with Gasteiger partial charge < -0.3 is 10.1 Å². The van der Waals surface area contributed by atoms with E-state index in [4.69, 9.17) is 9.72 Å². The number of methoxy groups -OCH3 is 1. The lowest BCUT2D eigenvalue weighted by molar-refractivity contribution is 0.415. The number of anilines is 1. The quantitative estimate of drug-likeness (QED) is 0.916. The van der Waals surface area contributed by atoms with Crippen LogP contribution in [0.5, 0.6) is 5.75 Å². The van der Waals surface area contributed by atoms with E-state index in [-0.39, 0.29) is 0 Å². The van der Waals surface area contributed by atoms with Crippen LogP contribution >= 0.6 is 0 Å². The third kappa shape index (κ3) is 2.11. The number of fused-ring (bicyclic) bond motifs is 2. The number of aryl methyl sites for hydroxylation is 2. The van der Waals surface area contributed by atoms with Crippen LogP contribution in [0.25, 0.3) is 10.9 Å². The van der Waals surface area contributed by atoms with E-state index in [2.05, 4.69) is 31.3 Å². The summed E-state index contributed by atoms with van der Waals surface area (Å²) in [6, 6.07) is 4.19. The largest absolute Gasteiger partial charge is 0.497 e. The minimum absolute atomic E-state index is 0.911. The molecule has 1 aromatic carbocycles. The van der Waals surface area contributed by atoms with E-state index in [1.165, 1.54) is 34.3 Å². The minimum Gasteiger partial charge on any atom is -0.497 e. The Kier molecular flexibility index (Phi) is 3.51. The molecule has 3 heteroatoms. The number of hydrogen-bond acceptors (Lipinski definition) is 3. The van der Waals surface area contributed by atoms with Crippen molar-refractivity contribution in [2.24, 2.45) is 0 Å². The van der Waals surface area contributed by atoms with Crippen molar-refractivity contribution in [1.29, 1.82) is 0 Å². The van der Waals surface area contributed by atoms with Crippen molar-refractivity contribution >= 4 is 16.6 Å². The number of nitrogens with zero attached hydrogens (tertiary/aromatic N) is 1. The van der Waals surface area contributed by atoms with Gasteiger partial charge in [0.15, 0.2) is 0 Å². The van der Waals surface area contributed by atoms with Crippen LogP contribution in [0.3, 0.4) is 0 Å². The van der Waals surface area contributed by atoms with Gasteiger partial charge in [0, 0.05) is 23.3 Å². The van der Waals surface area contributed by atoms with Gasteiger partial charge in [-0.05, 0) is 55.9 Å². The van der Waals surface area contributed by atoms with Crippen molar-refractivity contribution in [2.45, 2.75) is 39.5 Å². The van der Waals surface area contributed by atoms with Crippen molar-refractivity contribution in [1.82, 2.24) is 4.98 Å². The molecule has 1 aliphatic rings. The van der Waals surface area contributed by atoms with Gasteiger partial charge >= 0.3 is 0 Å². The van der Waals surface area contributed by atoms with Crippen molar-refractivity contribution in [3.8, 4) is 5.75 Å². The van der Waals surface area contributed by atoms with Crippen LogP contribution in [0, 0.1) is 6.92 Å². The summed E-state index contributed by atoms with van der Waals surface area (Å²) < 4.78 is 5.43. The van der Waals surface area contributed by atoms with Crippen LogP contribution < -0.4 is 10.1 Å². The summed E-state index contributed by atoms with van der Waals surface area (Å²) in [6.07, 6.45) is 4.59. The van der Waals surface area contributed by atoms with Crippen molar-refractivity contribution in [3.63, 3.8) is 0 Å². The average molecular weight is 270 g/mol. The Labute approximate surface area is 120 Å². The fraction of sp³-hybridized carbons (Fsp3) is 0.471. The van der Waals surface area contributed by atoms with E-state index in [9.17, 15) is 0 Å². The molecule has 0 radical (unpaired) electrons. The Balaban J connectivity index is 2.26. The first-order valence-corrected chi connectivity index (χ1v) is 7.48. The van der Waals surface area contributed by atoms with E-state index in [1.807, 2.05) is 0 Å². The van der Waals surface area contributed by atoms with Gasteiger partial charge in [-0.15, -0.1) is 0 Å². The molecule has 106 valence electrons. The number of ether oxygens (including phenoxy) is 1. The maximum absolute atomic E-state index is 5.43. The lowest BCUT2D eigenvalue weighted by Gasteiger charge is -2.16. The Hall–Kier alpha value is -1.77. The smallest absolute Gasteiger partial charge is 0.119 e. The molecule has 1 aromatic heterocycles. The highest BCUT2D eigenvalue weighted by atomic mass is 16.5. The van der Waals surface area contributed by atoms with E-state index in [1.54, 1.807) is 7.11 Å². The third-order valence-corrected chi connectivity index (χ3v) is 4.07. The summed E-state index contributed by atoms with van der Waals surface area (Å²) in [4.78, 5) is 4.90. The highest BCUT2D eigenvalue weighted by Crippen LogP contribution is 2.37. The monoisotopic (exact) mass is 270 g/mol. The number of benzene rings is 1. The van der Waals surface area contributed by atoms with Crippen molar-refractivity contribution in [3.05, 3.63) is 29.0 Å². The molecule has 0 saturated heterocycles. The molecule has 3 nitrogen and oxygen atoms in total. The van der Waals surface area contributed by atoms with E-state index in [0.29, 0.717) is 0 Å². The Bertz CT molecular complexity index is 649. The summed E-state index contributed by atoms with van der Waals surface area (Å²) in [5, 5.41) is 4.83. The number of rotatable bonds is 4. The molecule has 0 aliphatic heterocycles. The van der Waals surface area contributed by atoms with Gasteiger partial charge in [-0.3, -0.25) is 4.98 Å². The average Bonchev–Trinajstić information content (AvgIpc) is 2.92. The van der Waals surface area contributed by atoms with E-state index in [0.717, 1.165) is 37.1 Å². The van der Waals surface area contributed by atoms with Gasteiger partial charge in [0.05, 0.1) is 12.6 Å². The predicted octanol–water partition coefficient (Wildman–Crippen LogP) is 3.86. The molecule has 2 aromatic rings. The first-order chi connectivity index (χ1) is 9.74. The maximum Gasteiger partial charge on any atom is 0.119 e. The highest BCUT2D eigenvalue weighted by molar-refractivity contribution is 5.96. The minimum atomic E-state index is 0.911. The van der Waals surface area contributed by atoms with Crippen molar-refractivity contribution in [2.75, 3.05) is 19.0 Å². The molecule has 0 fully saturated rings. The molecule has 0 amide bonds. The zero-order chi connectivity index (χ0) is 14.1. The van der Waals surface area contributed by atoms with Crippen LogP contribution in [0.15, 0.2) is 12.1 Å². The van der Waals surface area contributed by atoms with Gasteiger partial charge in [-0.1, -0.05) is 6.92 Å². The van der Waals surface area contributed by atoms with Crippen molar-refractivity contribution < 1.29 is 4.74 Å². The second-order valence-electron chi connectivity index (χ2n) is 5.53. The second-order valence-corrected chi connectivity index (χ2v) is 5.53. The Morgan fingerprint density at radius 1 is 1.30 bits per heavy atom. The molecule has 0 bridgehead atoms. The number of nitrogens with one attached hydrogen (secondary N) is 1. The lowest BCUT2D eigenvalue weighted by atomic mass is 10.0. The van der Waals surface area contributed by atoms with Crippen LogP contribution in [-0.4, -0.2) is 18.6 Å². The summed E-state index contributed by atoms with van der Waals surface area (Å²) in [5.41, 5.74) is 6.29. The number of aromatic nitrogens is 1. The predicted molar refractivity (Wildman–Crippen MR) is 83.8 cm³/mol. The molecular weight excluding hydrogens is 248 g/mol. The zero-order valence-corrected chi connectivity index (χ0v) is 12.5. The molecular formula is C17H22N2O. The molecule has 1 heterocycles. The first kappa shape index (κ1) is 13.2.